The van der Waals surface area contributed by atoms with E-state index in [2.05, 4.69) is 45.4 Å². The van der Waals surface area contributed by atoms with Gasteiger partial charge in [0, 0.05) is 32.5 Å². The largest absolute Gasteiger partial charge is 0.416 e. The average molecular weight is 641 g/mol. The molecule has 0 fully saturated rings. The van der Waals surface area contributed by atoms with E-state index in [1.807, 2.05) is 67.7 Å². The third kappa shape index (κ3) is 4.83. The SMILES string of the molecule is [C-]#[N+]/N=c1\c2cc(-c3cccc(C)c3)ccc2c2cc3/c(=N/C#N)c4cc(-c5cccc(C(F)(F)F)c5)ccc4c3c(-c3ccccc3)c12. The quantitative estimate of drug-likeness (QED) is 0.108. The Morgan fingerprint density at radius 2 is 1.22 bits per heavy atom. The van der Waals surface area contributed by atoms with Crippen LogP contribution in [0.5, 0.6) is 0 Å². The summed E-state index contributed by atoms with van der Waals surface area (Å²) in [6.45, 7) is 9.85. The van der Waals surface area contributed by atoms with Gasteiger partial charge in [-0.3, -0.25) is 0 Å². The van der Waals surface area contributed by atoms with E-state index in [-0.39, 0.29) is 0 Å². The van der Waals surface area contributed by atoms with E-state index in [1.165, 1.54) is 6.07 Å². The van der Waals surface area contributed by atoms with Gasteiger partial charge < -0.3 is 0 Å². The number of benzene rings is 6. The van der Waals surface area contributed by atoms with Gasteiger partial charge in [0.05, 0.1) is 16.0 Å². The fraction of sp³-hybridized carbons (Fsp3) is 0.0476. The van der Waals surface area contributed by atoms with Crippen LogP contribution >= 0.6 is 0 Å². The molecule has 0 aromatic heterocycles. The highest BCUT2D eigenvalue weighted by atomic mass is 19.4. The molecule has 0 heterocycles. The maximum atomic E-state index is 13.6. The number of hydrogen-bond donors (Lipinski definition) is 0. The lowest BCUT2D eigenvalue weighted by Gasteiger charge is -2.10. The second-order valence-electron chi connectivity index (χ2n) is 12.0. The monoisotopic (exact) mass is 640 g/mol. The summed E-state index contributed by atoms with van der Waals surface area (Å²) in [5, 5.41) is 21.7. The van der Waals surface area contributed by atoms with Crippen molar-refractivity contribution in [2.75, 3.05) is 0 Å². The molecule has 232 valence electrons. The van der Waals surface area contributed by atoms with E-state index in [0.717, 1.165) is 77.7 Å². The molecule has 0 aliphatic rings. The predicted molar refractivity (Wildman–Crippen MR) is 188 cm³/mol. The first-order chi connectivity index (χ1) is 23.8. The zero-order chi connectivity index (χ0) is 33.9. The van der Waals surface area contributed by atoms with E-state index in [0.29, 0.717) is 27.2 Å². The molecule has 0 spiro atoms. The summed E-state index contributed by atoms with van der Waals surface area (Å²) >= 11 is 0. The van der Waals surface area contributed by atoms with Crippen LogP contribution in [0.15, 0.2) is 131 Å². The molecule has 4 nitrogen and oxygen atoms in total. The van der Waals surface area contributed by atoms with Gasteiger partial charge in [-0.2, -0.15) is 30.0 Å². The zero-order valence-corrected chi connectivity index (χ0v) is 26.0. The van der Waals surface area contributed by atoms with Gasteiger partial charge >= 0.3 is 6.18 Å². The molecule has 0 unspecified atom stereocenters. The van der Waals surface area contributed by atoms with E-state index >= 15 is 0 Å². The van der Waals surface area contributed by atoms with Crippen molar-refractivity contribution in [2.24, 2.45) is 10.1 Å². The first kappa shape index (κ1) is 29.8. The summed E-state index contributed by atoms with van der Waals surface area (Å²) in [4.78, 5) is 7.80. The number of halogens is 3. The smallest absolute Gasteiger partial charge is 0.181 e. The number of hydrogen-bond acceptors (Lipinski definition) is 3. The van der Waals surface area contributed by atoms with Gasteiger partial charge in [-0.1, -0.05) is 96.6 Å². The number of rotatable bonds is 3. The van der Waals surface area contributed by atoms with E-state index in [4.69, 9.17) is 6.57 Å². The molecular weight excluding hydrogens is 617 g/mol. The molecule has 7 heteroatoms. The minimum absolute atomic E-state index is 0.403. The van der Waals surface area contributed by atoms with E-state index in [9.17, 15) is 18.4 Å². The van der Waals surface area contributed by atoms with E-state index < -0.39 is 11.7 Å². The van der Waals surface area contributed by atoms with Gasteiger partial charge in [-0.05, 0) is 81.2 Å². The molecule has 49 heavy (non-hydrogen) atoms. The molecule has 0 aliphatic heterocycles. The standard InChI is InChI=1S/C42H23F3N4/c1-24-8-6-11-26(18-24)28-14-16-31-33-22-36-38(37(25-9-4-3-5-10-25)39(33)41(49-47-2)34(31)20-28)32-17-15-29(21-35(32)40(36)48-23-46)27-12-7-13-30(19-27)42(43,44)45/h3-22H,1H3/b48-40+,49-41+. The van der Waals surface area contributed by atoms with Crippen LogP contribution in [0.1, 0.15) is 11.1 Å². The Bertz CT molecular complexity index is 2840. The van der Waals surface area contributed by atoms with Crippen LogP contribution in [0.3, 0.4) is 0 Å². The van der Waals surface area contributed by atoms with Gasteiger partial charge in [-0.25, -0.2) is 0 Å². The van der Waals surface area contributed by atoms with Crippen molar-refractivity contribution >= 4 is 43.1 Å². The molecule has 0 aliphatic carbocycles. The van der Waals surface area contributed by atoms with Crippen LogP contribution in [0.4, 0.5) is 13.2 Å². The summed E-state index contributed by atoms with van der Waals surface area (Å²) in [5.41, 5.74) is 5.17. The summed E-state index contributed by atoms with van der Waals surface area (Å²) in [5.74, 6) is 0. The maximum absolute atomic E-state index is 13.6. The molecule has 8 rings (SSSR count). The van der Waals surface area contributed by atoms with E-state index in [1.54, 1.807) is 18.2 Å². The van der Waals surface area contributed by atoms with Crippen molar-refractivity contribution in [3.8, 4) is 39.6 Å². The Labute approximate surface area is 278 Å². The Balaban J connectivity index is 1.53. The van der Waals surface area contributed by atoms with Crippen molar-refractivity contribution < 1.29 is 13.2 Å². The van der Waals surface area contributed by atoms with Gasteiger partial charge in [0.25, 0.3) is 0 Å². The average Bonchev–Trinajstić information content (AvgIpc) is 3.59. The summed E-state index contributed by atoms with van der Waals surface area (Å²) in [7, 11) is 0. The van der Waals surface area contributed by atoms with Crippen molar-refractivity contribution in [2.45, 2.75) is 13.1 Å². The fourth-order valence-electron chi connectivity index (χ4n) is 7.10. The summed E-state index contributed by atoms with van der Waals surface area (Å²) in [6, 6.07) is 37.0. The van der Waals surface area contributed by atoms with Crippen LogP contribution in [-0.2, 0) is 6.18 Å². The minimum Gasteiger partial charge on any atom is -0.181 e. The van der Waals surface area contributed by atoms with Gasteiger partial charge in [0.2, 0.25) is 6.19 Å². The van der Waals surface area contributed by atoms with Crippen LogP contribution in [0, 0.1) is 25.0 Å². The third-order valence-corrected chi connectivity index (χ3v) is 9.18. The molecule has 0 saturated heterocycles. The van der Waals surface area contributed by atoms with Crippen molar-refractivity contribution in [1.29, 1.82) is 5.26 Å². The van der Waals surface area contributed by atoms with Crippen molar-refractivity contribution in [3.05, 3.63) is 155 Å². The molecule has 0 bridgehead atoms. The molecule has 0 amide bonds. The molecule has 0 atom stereocenters. The topological polar surface area (TPSA) is 52.9 Å². The number of nitrogens with zero attached hydrogens (tertiary/aromatic N) is 4. The van der Waals surface area contributed by atoms with Gasteiger partial charge in [-0.15, -0.1) is 4.95 Å². The van der Waals surface area contributed by atoms with Gasteiger partial charge in [0.15, 0.2) is 5.36 Å². The maximum Gasteiger partial charge on any atom is 0.416 e. The van der Waals surface area contributed by atoms with Crippen LogP contribution in [0.25, 0.3) is 81.4 Å². The van der Waals surface area contributed by atoms with Crippen LogP contribution in [-0.4, -0.2) is 0 Å². The number of nitriles is 1. The second kappa shape index (κ2) is 11.3. The molecular formula is C42H23F3N4. The van der Waals surface area contributed by atoms with Crippen molar-refractivity contribution in [1.82, 2.24) is 0 Å². The summed E-state index contributed by atoms with van der Waals surface area (Å²) < 4.78 is 40.8. The van der Waals surface area contributed by atoms with Crippen molar-refractivity contribution in [3.63, 3.8) is 0 Å². The van der Waals surface area contributed by atoms with Crippen LogP contribution < -0.4 is 10.7 Å². The minimum atomic E-state index is -4.48. The third-order valence-electron chi connectivity index (χ3n) is 9.18. The lowest BCUT2D eigenvalue weighted by Crippen LogP contribution is -2.04. The van der Waals surface area contributed by atoms with Gasteiger partial charge in [0.1, 0.15) is 0 Å². The highest BCUT2D eigenvalue weighted by Gasteiger charge is 2.30. The van der Waals surface area contributed by atoms with Crippen LogP contribution in [0.2, 0.25) is 0 Å². The normalized spacial score (nSPS) is 12.7. The number of fused-ring (bicyclic) bond motifs is 6. The molecule has 0 saturated carbocycles. The predicted octanol–water partition coefficient (Wildman–Crippen LogP) is 10.6. The molecule has 8 aromatic carbocycles. The highest BCUT2D eigenvalue weighted by molar-refractivity contribution is 6.29. The lowest BCUT2D eigenvalue weighted by molar-refractivity contribution is -0.137. The fourth-order valence-corrected chi connectivity index (χ4v) is 7.10. The highest BCUT2D eigenvalue weighted by Crippen LogP contribution is 2.43. The number of alkyl halides is 3. The Morgan fingerprint density at radius 1 is 0.592 bits per heavy atom. The molecule has 8 aromatic rings. The summed E-state index contributed by atoms with van der Waals surface area (Å²) in [6.07, 6.45) is -2.52. The second-order valence-corrected chi connectivity index (χ2v) is 12.0. The zero-order valence-electron chi connectivity index (χ0n) is 26.0. The Kier molecular flexibility index (Phi) is 6.87. The Hall–Kier alpha value is -6.57. The molecule has 0 radical (unpaired) electrons. The lowest BCUT2D eigenvalue weighted by atomic mass is 9.94. The Morgan fingerprint density at radius 3 is 1.90 bits per heavy atom. The first-order valence-corrected chi connectivity index (χ1v) is 15.5. The first-order valence-electron chi connectivity index (χ1n) is 15.5. The number of aryl methyl sites for hydroxylation is 1. The molecule has 0 N–H and O–H groups in total.